The van der Waals surface area contributed by atoms with Crippen LogP contribution in [0.4, 0.5) is 5.69 Å². The van der Waals surface area contributed by atoms with Crippen LogP contribution in [0.3, 0.4) is 0 Å². The second-order valence-corrected chi connectivity index (χ2v) is 8.56. The lowest BCUT2D eigenvalue weighted by atomic mass is 10.1. The van der Waals surface area contributed by atoms with Crippen molar-refractivity contribution in [2.45, 2.75) is 6.92 Å². The van der Waals surface area contributed by atoms with E-state index in [0.717, 1.165) is 4.31 Å². The van der Waals surface area contributed by atoms with Gasteiger partial charge in [0.2, 0.25) is 0 Å². The molecule has 0 bridgehead atoms. The van der Waals surface area contributed by atoms with Crippen LogP contribution in [0, 0.1) is 11.3 Å². The number of ether oxygens (including phenoxy) is 1. The van der Waals surface area contributed by atoms with Gasteiger partial charge < -0.3 is 9.30 Å². The van der Waals surface area contributed by atoms with Gasteiger partial charge in [-0.1, -0.05) is 18.5 Å². The lowest BCUT2D eigenvalue weighted by Gasteiger charge is -2.18. The molecule has 0 aliphatic rings. The maximum Gasteiger partial charge on any atom is 0.301 e. The monoisotopic (exact) mass is 447 g/mol. The van der Waals surface area contributed by atoms with Crippen LogP contribution in [0.5, 0.6) is 11.5 Å². The van der Waals surface area contributed by atoms with Gasteiger partial charge in [0.05, 0.1) is 27.9 Å². The van der Waals surface area contributed by atoms with Gasteiger partial charge in [0.25, 0.3) is 5.56 Å². The number of fused-ring (bicyclic) bond motifs is 1. The first-order chi connectivity index (χ1) is 14.2. The van der Waals surface area contributed by atoms with E-state index in [0.29, 0.717) is 10.9 Å². The predicted molar refractivity (Wildman–Crippen MR) is 114 cm³/mol. The number of hydrogen-bond donors (Lipinski definition) is 1. The molecule has 3 aromatic rings. The molecule has 2 aromatic carbocycles. The number of aryl methyl sites for hydroxylation is 1. The molecule has 156 valence electrons. The zero-order valence-corrected chi connectivity index (χ0v) is 18.0. The van der Waals surface area contributed by atoms with Crippen LogP contribution in [0.2, 0.25) is 5.02 Å². The summed E-state index contributed by atoms with van der Waals surface area (Å²) >= 11 is 6.22. The fraction of sp³-hybridized carbons (Fsp3) is 0.211. The normalized spacial score (nSPS) is 11.5. The molecule has 1 aromatic heterocycles. The Kier molecular flexibility index (Phi) is 5.98. The molecule has 0 amide bonds. The van der Waals surface area contributed by atoms with Crippen LogP contribution in [0.25, 0.3) is 10.9 Å². The SMILES string of the molecule is CCN(C)S(=O)(=O)Nc1ccc(Cl)c(Oc2ccc3ncn(C)c(=O)c3c2)c1C#N. The molecule has 0 saturated heterocycles. The van der Waals surface area contributed by atoms with Gasteiger partial charge in [-0.2, -0.15) is 18.0 Å². The molecule has 0 spiro atoms. The van der Waals surface area contributed by atoms with E-state index >= 15 is 0 Å². The van der Waals surface area contributed by atoms with Gasteiger partial charge in [-0.25, -0.2) is 4.98 Å². The van der Waals surface area contributed by atoms with E-state index < -0.39 is 10.2 Å². The number of nitriles is 1. The van der Waals surface area contributed by atoms with Crippen molar-refractivity contribution >= 4 is 38.4 Å². The lowest BCUT2D eigenvalue weighted by Crippen LogP contribution is -2.32. The number of aromatic nitrogens is 2. The second-order valence-electron chi connectivity index (χ2n) is 6.37. The Morgan fingerprint density at radius 3 is 2.73 bits per heavy atom. The van der Waals surface area contributed by atoms with E-state index in [9.17, 15) is 18.5 Å². The fourth-order valence-electron chi connectivity index (χ4n) is 2.61. The lowest BCUT2D eigenvalue weighted by molar-refractivity contribution is 0.482. The molecule has 0 unspecified atom stereocenters. The zero-order chi connectivity index (χ0) is 22.1. The van der Waals surface area contributed by atoms with Crippen LogP contribution >= 0.6 is 11.6 Å². The summed E-state index contributed by atoms with van der Waals surface area (Å²) in [5.41, 5.74) is 0.160. The highest BCUT2D eigenvalue weighted by Crippen LogP contribution is 2.37. The van der Waals surface area contributed by atoms with E-state index in [-0.39, 0.29) is 39.9 Å². The largest absolute Gasteiger partial charge is 0.454 e. The molecule has 11 heteroatoms. The maximum absolute atomic E-state index is 12.4. The van der Waals surface area contributed by atoms with Crippen molar-refractivity contribution in [1.29, 1.82) is 5.26 Å². The Bertz CT molecular complexity index is 1330. The number of rotatable bonds is 6. The summed E-state index contributed by atoms with van der Waals surface area (Å²) in [6.07, 6.45) is 1.42. The van der Waals surface area contributed by atoms with Gasteiger partial charge in [-0.05, 0) is 30.3 Å². The average Bonchev–Trinajstić information content (AvgIpc) is 2.72. The topological polar surface area (TPSA) is 117 Å². The van der Waals surface area contributed by atoms with Crippen molar-refractivity contribution in [3.8, 4) is 17.6 Å². The molecule has 9 nitrogen and oxygen atoms in total. The van der Waals surface area contributed by atoms with Gasteiger partial charge >= 0.3 is 10.2 Å². The van der Waals surface area contributed by atoms with Crippen molar-refractivity contribution in [3.63, 3.8) is 0 Å². The molecule has 0 fully saturated rings. The molecule has 1 heterocycles. The summed E-state index contributed by atoms with van der Waals surface area (Å²) in [6.45, 7) is 1.92. The number of anilines is 1. The summed E-state index contributed by atoms with van der Waals surface area (Å²) < 4.78 is 35.3. The third kappa shape index (κ3) is 4.09. The van der Waals surface area contributed by atoms with Crippen molar-refractivity contribution < 1.29 is 13.2 Å². The number of halogens is 1. The number of nitrogens with zero attached hydrogens (tertiary/aromatic N) is 4. The van der Waals surface area contributed by atoms with E-state index in [2.05, 4.69) is 9.71 Å². The molecule has 30 heavy (non-hydrogen) atoms. The van der Waals surface area contributed by atoms with Crippen LogP contribution in [0.1, 0.15) is 12.5 Å². The zero-order valence-electron chi connectivity index (χ0n) is 16.4. The Labute approximate surface area is 178 Å². The highest BCUT2D eigenvalue weighted by atomic mass is 35.5. The van der Waals surface area contributed by atoms with Crippen molar-refractivity contribution in [2.75, 3.05) is 18.3 Å². The fourth-order valence-corrected chi connectivity index (χ4v) is 3.75. The van der Waals surface area contributed by atoms with Crippen molar-refractivity contribution in [3.05, 3.63) is 57.6 Å². The minimum atomic E-state index is -3.86. The molecular formula is C19H18ClN5O4S. The van der Waals surface area contributed by atoms with Gasteiger partial charge in [0.15, 0.2) is 5.75 Å². The average molecular weight is 448 g/mol. The Morgan fingerprint density at radius 1 is 1.33 bits per heavy atom. The van der Waals surface area contributed by atoms with E-state index in [1.165, 1.54) is 36.1 Å². The Hall–Kier alpha value is -3.13. The van der Waals surface area contributed by atoms with Crippen LogP contribution in [-0.2, 0) is 17.3 Å². The van der Waals surface area contributed by atoms with Crippen LogP contribution in [-0.4, -0.2) is 35.9 Å². The first kappa shape index (κ1) is 21.6. The minimum Gasteiger partial charge on any atom is -0.454 e. The minimum absolute atomic E-state index is 0.0237. The van der Waals surface area contributed by atoms with E-state index in [1.807, 2.05) is 6.07 Å². The Morgan fingerprint density at radius 2 is 2.07 bits per heavy atom. The maximum atomic E-state index is 12.4. The molecule has 3 rings (SSSR count). The summed E-state index contributed by atoms with van der Waals surface area (Å²) in [7, 11) is -0.869. The number of hydrogen-bond acceptors (Lipinski definition) is 6. The predicted octanol–water partition coefficient (Wildman–Crippen LogP) is 2.86. The quantitative estimate of drug-likeness (QED) is 0.620. The third-order valence-electron chi connectivity index (χ3n) is 4.42. The molecular weight excluding hydrogens is 430 g/mol. The van der Waals surface area contributed by atoms with Crippen LogP contribution < -0.4 is 15.0 Å². The molecule has 0 saturated carbocycles. The number of benzene rings is 2. The molecule has 0 radical (unpaired) electrons. The highest BCUT2D eigenvalue weighted by molar-refractivity contribution is 7.90. The van der Waals surface area contributed by atoms with Gasteiger partial charge in [0.1, 0.15) is 17.4 Å². The third-order valence-corrected chi connectivity index (χ3v) is 6.28. The number of nitrogens with one attached hydrogen (secondary N) is 1. The first-order valence-corrected chi connectivity index (χ1v) is 10.6. The smallest absolute Gasteiger partial charge is 0.301 e. The van der Waals surface area contributed by atoms with Gasteiger partial charge in [-0.3, -0.25) is 9.52 Å². The summed E-state index contributed by atoms with van der Waals surface area (Å²) in [6, 6.07) is 9.41. The molecule has 0 aliphatic carbocycles. The summed E-state index contributed by atoms with van der Waals surface area (Å²) in [5.74, 6) is 0.218. The van der Waals surface area contributed by atoms with Crippen molar-refractivity contribution in [1.82, 2.24) is 13.9 Å². The molecule has 0 atom stereocenters. The van der Waals surface area contributed by atoms with E-state index in [1.54, 1.807) is 26.1 Å². The van der Waals surface area contributed by atoms with E-state index in [4.69, 9.17) is 16.3 Å². The Balaban J connectivity index is 2.07. The first-order valence-electron chi connectivity index (χ1n) is 8.78. The molecule has 0 aliphatic heterocycles. The molecule has 1 N–H and O–H groups in total. The van der Waals surface area contributed by atoms with Gasteiger partial charge in [-0.15, -0.1) is 0 Å². The van der Waals surface area contributed by atoms with Crippen LogP contribution in [0.15, 0.2) is 41.5 Å². The standard InChI is InChI=1S/C19H18ClN5O4S/c1-4-25(3)30(27,28)23-17-8-6-15(20)18(14(17)10-21)29-12-5-7-16-13(9-12)19(26)24(2)11-22-16/h5-9,11,23H,4H2,1-3H3. The second kappa shape index (κ2) is 8.31. The summed E-state index contributed by atoms with van der Waals surface area (Å²) in [4.78, 5) is 16.5. The van der Waals surface area contributed by atoms with Gasteiger partial charge in [0, 0.05) is 20.6 Å². The highest BCUT2D eigenvalue weighted by Gasteiger charge is 2.21. The van der Waals surface area contributed by atoms with Crippen molar-refractivity contribution in [2.24, 2.45) is 7.05 Å². The summed E-state index contributed by atoms with van der Waals surface area (Å²) in [5, 5.41) is 10.1.